The van der Waals surface area contributed by atoms with E-state index in [1.54, 1.807) is 12.1 Å². The van der Waals surface area contributed by atoms with Crippen LogP contribution in [0.4, 0.5) is 5.69 Å². The van der Waals surface area contributed by atoms with Crippen molar-refractivity contribution in [2.24, 2.45) is 0 Å². The lowest BCUT2D eigenvalue weighted by molar-refractivity contribution is 0.102. The number of sulfonamides is 1. The van der Waals surface area contributed by atoms with Crippen LogP contribution in [-0.2, 0) is 10.0 Å². The summed E-state index contributed by atoms with van der Waals surface area (Å²) in [5.74, 6) is -0.222. The normalized spacial score (nSPS) is 12.6. The Hall–Kier alpha value is -2.18. The average molecular weight is 360 g/mol. The monoisotopic (exact) mass is 360 g/mol. The molecule has 6 heteroatoms. The second-order valence-corrected chi connectivity index (χ2v) is 8.00. The fourth-order valence-corrected chi connectivity index (χ4v) is 3.77. The molecule has 0 saturated heterocycles. The summed E-state index contributed by atoms with van der Waals surface area (Å²) in [6.07, 6.45) is 0.712. The zero-order valence-corrected chi connectivity index (χ0v) is 15.8. The van der Waals surface area contributed by atoms with E-state index in [0.717, 1.165) is 11.1 Å². The first-order valence-electron chi connectivity index (χ1n) is 8.23. The van der Waals surface area contributed by atoms with Crippen LogP contribution in [0.5, 0.6) is 0 Å². The number of hydrogen-bond donors (Lipinski definition) is 2. The minimum Gasteiger partial charge on any atom is -0.322 e. The van der Waals surface area contributed by atoms with Gasteiger partial charge in [0, 0.05) is 17.3 Å². The maximum atomic E-state index is 12.3. The SMILES string of the molecule is CC[C@H](C)NS(=O)(=O)c1ccc(NC(=O)c2cc(C)cc(C)c2)cc1. The van der Waals surface area contributed by atoms with Crippen molar-refractivity contribution >= 4 is 21.6 Å². The second-order valence-electron chi connectivity index (χ2n) is 6.29. The predicted molar refractivity (Wildman–Crippen MR) is 100 cm³/mol. The van der Waals surface area contributed by atoms with E-state index >= 15 is 0 Å². The van der Waals surface area contributed by atoms with E-state index in [1.165, 1.54) is 12.1 Å². The Kier molecular flexibility index (Phi) is 5.98. The van der Waals surface area contributed by atoms with Crippen molar-refractivity contribution in [2.75, 3.05) is 5.32 Å². The largest absolute Gasteiger partial charge is 0.322 e. The summed E-state index contributed by atoms with van der Waals surface area (Å²) < 4.78 is 27.1. The van der Waals surface area contributed by atoms with Gasteiger partial charge < -0.3 is 5.32 Å². The van der Waals surface area contributed by atoms with Crippen molar-refractivity contribution in [1.29, 1.82) is 0 Å². The Morgan fingerprint density at radius 3 is 2.12 bits per heavy atom. The molecule has 2 aromatic carbocycles. The first kappa shape index (κ1) is 19.1. The van der Waals surface area contributed by atoms with Crippen molar-refractivity contribution in [2.45, 2.75) is 45.1 Å². The van der Waals surface area contributed by atoms with Crippen LogP contribution >= 0.6 is 0 Å². The van der Waals surface area contributed by atoms with Gasteiger partial charge in [0.15, 0.2) is 0 Å². The van der Waals surface area contributed by atoms with E-state index in [-0.39, 0.29) is 16.8 Å². The highest BCUT2D eigenvalue weighted by atomic mass is 32.2. The number of rotatable bonds is 6. The van der Waals surface area contributed by atoms with Gasteiger partial charge in [-0.05, 0) is 63.6 Å². The van der Waals surface area contributed by atoms with Crippen LogP contribution in [0.1, 0.15) is 41.8 Å². The Balaban J connectivity index is 2.13. The van der Waals surface area contributed by atoms with Gasteiger partial charge in [-0.3, -0.25) is 4.79 Å². The Bertz CT molecular complexity index is 838. The summed E-state index contributed by atoms with van der Waals surface area (Å²) in [6.45, 7) is 7.61. The average Bonchev–Trinajstić information content (AvgIpc) is 2.54. The fourth-order valence-electron chi connectivity index (χ4n) is 2.44. The van der Waals surface area contributed by atoms with Crippen LogP contribution in [0, 0.1) is 13.8 Å². The highest BCUT2D eigenvalue weighted by molar-refractivity contribution is 7.89. The number of hydrogen-bond acceptors (Lipinski definition) is 3. The van der Waals surface area contributed by atoms with Crippen molar-refractivity contribution in [3.63, 3.8) is 0 Å². The molecule has 2 aromatic rings. The number of aryl methyl sites for hydroxylation is 2. The first-order chi connectivity index (χ1) is 11.7. The molecule has 2 N–H and O–H groups in total. The highest BCUT2D eigenvalue weighted by Gasteiger charge is 2.16. The number of carbonyl (C=O) groups is 1. The predicted octanol–water partition coefficient (Wildman–Crippen LogP) is 3.63. The van der Waals surface area contributed by atoms with Gasteiger partial charge in [-0.25, -0.2) is 13.1 Å². The maximum Gasteiger partial charge on any atom is 0.255 e. The summed E-state index contributed by atoms with van der Waals surface area (Å²) in [4.78, 5) is 12.5. The Labute approximate surface area is 149 Å². The molecule has 0 radical (unpaired) electrons. The van der Waals surface area contributed by atoms with Crippen LogP contribution < -0.4 is 10.0 Å². The second kappa shape index (κ2) is 7.80. The van der Waals surface area contributed by atoms with Gasteiger partial charge in [-0.1, -0.05) is 24.1 Å². The lowest BCUT2D eigenvalue weighted by atomic mass is 10.1. The van der Waals surface area contributed by atoms with E-state index in [9.17, 15) is 13.2 Å². The molecular weight excluding hydrogens is 336 g/mol. The molecule has 2 rings (SSSR count). The molecule has 0 spiro atoms. The van der Waals surface area contributed by atoms with Gasteiger partial charge in [-0.15, -0.1) is 0 Å². The molecule has 0 heterocycles. The van der Waals surface area contributed by atoms with Crippen LogP contribution in [0.25, 0.3) is 0 Å². The number of anilines is 1. The standard InChI is InChI=1S/C19H24N2O3S/c1-5-15(4)21-25(23,24)18-8-6-17(7-9-18)20-19(22)16-11-13(2)10-14(3)12-16/h6-12,15,21H,5H2,1-4H3,(H,20,22)/t15-/m0/s1. The number of benzene rings is 2. The summed E-state index contributed by atoms with van der Waals surface area (Å²) >= 11 is 0. The molecule has 1 amide bonds. The lowest BCUT2D eigenvalue weighted by Gasteiger charge is -2.12. The maximum absolute atomic E-state index is 12.3. The minimum absolute atomic E-state index is 0.131. The van der Waals surface area contributed by atoms with Crippen LogP contribution in [0.3, 0.4) is 0 Å². The molecule has 25 heavy (non-hydrogen) atoms. The fraction of sp³-hybridized carbons (Fsp3) is 0.316. The molecule has 0 aromatic heterocycles. The van der Waals surface area contributed by atoms with E-state index in [0.29, 0.717) is 17.7 Å². The molecule has 5 nitrogen and oxygen atoms in total. The molecule has 134 valence electrons. The third kappa shape index (κ3) is 5.14. The number of carbonyl (C=O) groups excluding carboxylic acids is 1. The van der Waals surface area contributed by atoms with Gasteiger partial charge in [0.25, 0.3) is 5.91 Å². The van der Waals surface area contributed by atoms with Crippen LogP contribution in [0.15, 0.2) is 47.4 Å². The zero-order chi connectivity index (χ0) is 18.6. The molecule has 0 aliphatic rings. The summed E-state index contributed by atoms with van der Waals surface area (Å²) in [6, 6.07) is 11.7. The van der Waals surface area contributed by atoms with Gasteiger partial charge in [0.2, 0.25) is 10.0 Å². The molecular formula is C19H24N2O3S. The van der Waals surface area contributed by atoms with E-state index < -0.39 is 10.0 Å². The molecule has 0 aliphatic heterocycles. The van der Waals surface area contributed by atoms with E-state index in [2.05, 4.69) is 10.0 Å². The number of amides is 1. The summed E-state index contributed by atoms with van der Waals surface area (Å²) in [7, 11) is -3.54. The molecule has 1 atom stereocenters. The molecule has 0 bridgehead atoms. The third-order valence-electron chi connectivity index (χ3n) is 3.88. The van der Waals surface area contributed by atoms with Crippen molar-refractivity contribution in [3.05, 3.63) is 59.2 Å². The quantitative estimate of drug-likeness (QED) is 0.826. The van der Waals surface area contributed by atoms with Gasteiger partial charge in [0.1, 0.15) is 0 Å². The smallest absolute Gasteiger partial charge is 0.255 e. The Morgan fingerprint density at radius 1 is 1.04 bits per heavy atom. The van der Waals surface area contributed by atoms with Crippen LogP contribution in [-0.4, -0.2) is 20.4 Å². The summed E-state index contributed by atoms with van der Waals surface area (Å²) in [5.41, 5.74) is 3.16. The van der Waals surface area contributed by atoms with Crippen LogP contribution in [0.2, 0.25) is 0 Å². The molecule has 0 saturated carbocycles. The Morgan fingerprint density at radius 2 is 1.60 bits per heavy atom. The van der Waals surface area contributed by atoms with E-state index in [1.807, 2.05) is 45.9 Å². The van der Waals surface area contributed by atoms with Crippen molar-refractivity contribution in [3.8, 4) is 0 Å². The van der Waals surface area contributed by atoms with Crippen molar-refractivity contribution < 1.29 is 13.2 Å². The summed E-state index contributed by atoms with van der Waals surface area (Å²) in [5, 5.41) is 2.79. The van der Waals surface area contributed by atoms with E-state index in [4.69, 9.17) is 0 Å². The zero-order valence-electron chi connectivity index (χ0n) is 15.0. The van der Waals surface area contributed by atoms with Gasteiger partial charge in [0.05, 0.1) is 4.90 Å². The molecule has 0 aliphatic carbocycles. The minimum atomic E-state index is -3.54. The van der Waals surface area contributed by atoms with Gasteiger partial charge >= 0.3 is 0 Å². The van der Waals surface area contributed by atoms with Crippen molar-refractivity contribution in [1.82, 2.24) is 4.72 Å². The lowest BCUT2D eigenvalue weighted by Crippen LogP contribution is -2.31. The highest BCUT2D eigenvalue weighted by Crippen LogP contribution is 2.16. The molecule has 0 fully saturated rings. The molecule has 0 unspecified atom stereocenters. The van der Waals surface area contributed by atoms with Gasteiger partial charge in [-0.2, -0.15) is 0 Å². The number of nitrogens with one attached hydrogen (secondary N) is 2. The first-order valence-corrected chi connectivity index (χ1v) is 9.71. The third-order valence-corrected chi connectivity index (χ3v) is 5.48. The topological polar surface area (TPSA) is 75.3 Å².